The molecule has 3 aromatic rings. The molecule has 2 aromatic carbocycles. The van der Waals surface area contributed by atoms with E-state index in [2.05, 4.69) is 20.9 Å². The number of nitrogens with zero attached hydrogens (tertiary/aromatic N) is 3. The molecule has 0 unspecified atom stereocenters. The predicted octanol–water partition coefficient (Wildman–Crippen LogP) is 5.16. The van der Waals surface area contributed by atoms with Crippen LogP contribution in [0.25, 0.3) is 11.3 Å². The van der Waals surface area contributed by atoms with Crippen LogP contribution < -0.4 is 10.7 Å². The molecule has 0 saturated heterocycles. The van der Waals surface area contributed by atoms with Gasteiger partial charge in [-0.15, -0.1) is 0 Å². The van der Waals surface area contributed by atoms with Gasteiger partial charge in [0.2, 0.25) is 0 Å². The molecular weight excluding hydrogens is 497 g/mol. The molecule has 0 fully saturated rings. The van der Waals surface area contributed by atoms with Gasteiger partial charge in [0.15, 0.2) is 16.6 Å². The zero-order chi connectivity index (χ0) is 23.6. The number of anilines is 1. The first-order valence-electron chi connectivity index (χ1n) is 8.94. The smallest absolute Gasteiger partial charge is 0.337 e. The maximum Gasteiger partial charge on any atom is 0.337 e. The Labute approximate surface area is 203 Å². The fraction of sp³-hybridized carbons (Fsp3) is 0.100. The van der Waals surface area contributed by atoms with Crippen LogP contribution in [0.1, 0.15) is 23.0 Å². The van der Waals surface area contributed by atoms with E-state index in [9.17, 15) is 9.90 Å². The number of benzene rings is 2. The lowest BCUT2D eigenvalue weighted by molar-refractivity contribution is 0.0697. The van der Waals surface area contributed by atoms with Gasteiger partial charge in [-0.3, -0.25) is 10.1 Å². The molecule has 8 nitrogen and oxygen atoms in total. The second-order valence-corrected chi connectivity index (χ2v) is 8.19. The summed E-state index contributed by atoms with van der Waals surface area (Å²) < 4.78 is 1.51. The van der Waals surface area contributed by atoms with Crippen LogP contribution in [0.15, 0.2) is 41.5 Å². The quantitative estimate of drug-likeness (QED) is 0.212. The van der Waals surface area contributed by atoms with Crippen molar-refractivity contribution in [1.29, 1.82) is 0 Å². The lowest BCUT2D eigenvalue weighted by Gasteiger charge is -2.09. The monoisotopic (exact) mass is 511 g/mol. The minimum atomic E-state index is -1.13. The Bertz CT molecular complexity index is 1260. The molecule has 0 radical (unpaired) electrons. The van der Waals surface area contributed by atoms with Gasteiger partial charge in [0.25, 0.3) is 0 Å². The van der Waals surface area contributed by atoms with Crippen LogP contribution in [-0.4, -0.2) is 36.8 Å². The molecule has 1 heterocycles. The average Bonchev–Trinajstić information content (AvgIpc) is 3.02. The third-order valence-electron chi connectivity index (χ3n) is 4.34. The predicted molar refractivity (Wildman–Crippen MR) is 130 cm³/mol. The number of carboxylic acid groups (broad SMARTS) is 1. The van der Waals surface area contributed by atoms with Gasteiger partial charge < -0.3 is 15.5 Å². The molecule has 12 heteroatoms. The third-order valence-corrected chi connectivity index (χ3v) is 5.59. The standard InChI is InChI=1S/C20H16Cl3N5O3S/c1-9(25-26-20(32)24-11-4-5-12(19(30)31)14(22)8-11)16-18(29)17(28(2)27-16)10-3-6-13(21)15(23)7-10/h3-8,29H,1-2H3,(H,30,31)(H2,24,26,32). The molecule has 32 heavy (non-hydrogen) atoms. The van der Waals surface area contributed by atoms with Crippen molar-refractivity contribution >= 4 is 69.5 Å². The fourth-order valence-corrected chi connectivity index (χ4v) is 3.56. The molecule has 3 rings (SSSR count). The second-order valence-electron chi connectivity index (χ2n) is 6.56. The van der Waals surface area contributed by atoms with Gasteiger partial charge in [0.05, 0.1) is 26.3 Å². The van der Waals surface area contributed by atoms with Crippen LogP contribution >= 0.6 is 47.0 Å². The van der Waals surface area contributed by atoms with Gasteiger partial charge >= 0.3 is 5.97 Å². The maximum absolute atomic E-state index is 11.0. The number of aromatic carboxylic acids is 1. The molecule has 0 spiro atoms. The molecule has 0 saturated carbocycles. The zero-order valence-corrected chi connectivity index (χ0v) is 19.7. The highest BCUT2D eigenvalue weighted by Gasteiger charge is 2.20. The fourth-order valence-electron chi connectivity index (χ4n) is 2.84. The van der Waals surface area contributed by atoms with Gasteiger partial charge in [0.1, 0.15) is 5.69 Å². The number of thiocarbonyl (C=S) groups is 1. The average molecular weight is 513 g/mol. The molecule has 0 bridgehead atoms. The highest BCUT2D eigenvalue weighted by atomic mass is 35.5. The van der Waals surface area contributed by atoms with Crippen molar-refractivity contribution in [3.05, 3.63) is 62.7 Å². The number of aryl methyl sites for hydroxylation is 1. The Balaban J connectivity index is 1.76. The Morgan fingerprint density at radius 1 is 1.12 bits per heavy atom. The van der Waals surface area contributed by atoms with Crippen molar-refractivity contribution in [2.24, 2.45) is 12.1 Å². The normalized spacial score (nSPS) is 11.3. The number of hydrogen-bond acceptors (Lipinski definition) is 5. The van der Waals surface area contributed by atoms with Crippen LogP contribution in [0.5, 0.6) is 5.75 Å². The van der Waals surface area contributed by atoms with E-state index in [4.69, 9.17) is 52.1 Å². The van der Waals surface area contributed by atoms with E-state index in [0.29, 0.717) is 32.7 Å². The molecule has 0 aliphatic heterocycles. The number of hydrogen-bond donors (Lipinski definition) is 4. The summed E-state index contributed by atoms with van der Waals surface area (Å²) in [7, 11) is 1.68. The summed E-state index contributed by atoms with van der Waals surface area (Å²) in [5.41, 5.74) is 4.81. The van der Waals surface area contributed by atoms with Crippen LogP contribution in [-0.2, 0) is 7.05 Å². The number of nitrogens with one attached hydrogen (secondary N) is 2. The largest absolute Gasteiger partial charge is 0.504 e. The van der Waals surface area contributed by atoms with Gasteiger partial charge in [-0.25, -0.2) is 4.79 Å². The molecule has 0 amide bonds. The lowest BCUT2D eigenvalue weighted by Crippen LogP contribution is -2.25. The first kappa shape index (κ1) is 23.8. The van der Waals surface area contributed by atoms with E-state index < -0.39 is 5.97 Å². The van der Waals surface area contributed by atoms with Crippen molar-refractivity contribution < 1.29 is 15.0 Å². The topological polar surface area (TPSA) is 112 Å². The number of halogens is 3. The summed E-state index contributed by atoms with van der Waals surface area (Å²) in [5.74, 6) is -1.21. The van der Waals surface area contributed by atoms with Crippen LogP contribution in [0.3, 0.4) is 0 Å². The van der Waals surface area contributed by atoms with Crippen molar-refractivity contribution in [2.75, 3.05) is 5.32 Å². The van der Waals surface area contributed by atoms with Gasteiger partial charge in [-0.05, 0) is 49.5 Å². The number of hydrazone groups is 1. The van der Waals surface area contributed by atoms with E-state index in [0.717, 1.165) is 0 Å². The van der Waals surface area contributed by atoms with Crippen molar-refractivity contribution in [2.45, 2.75) is 6.92 Å². The van der Waals surface area contributed by atoms with Crippen LogP contribution in [0.4, 0.5) is 5.69 Å². The molecule has 0 aliphatic carbocycles. The number of carboxylic acids is 1. The summed E-state index contributed by atoms with van der Waals surface area (Å²) in [6.07, 6.45) is 0. The number of aromatic nitrogens is 2. The van der Waals surface area contributed by atoms with Gasteiger partial charge in [-0.1, -0.05) is 40.9 Å². The van der Waals surface area contributed by atoms with E-state index in [1.807, 2.05) is 0 Å². The Morgan fingerprint density at radius 2 is 1.84 bits per heavy atom. The summed E-state index contributed by atoms with van der Waals surface area (Å²) in [6.45, 7) is 1.65. The van der Waals surface area contributed by atoms with Crippen molar-refractivity contribution in [3.8, 4) is 17.0 Å². The minimum Gasteiger partial charge on any atom is -0.504 e. The zero-order valence-electron chi connectivity index (χ0n) is 16.7. The Morgan fingerprint density at radius 3 is 2.47 bits per heavy atom. The highest BCUT2D eigenvalue weighted by Crippen LogP contribution is 2.35. The molecule has 0 aliphatic rings. The molecule has 0 atom stereocenters. The van der Waals surface area contributed by atoms with Gasteiger partial charge in [0, 0.05) is 18.3 Å². The molecular formula is C20H16Cl3N5O3S. The first-order chi connectivity index (χ1) is 15.1. The third kappa shape index (κ3) is 5.13. The first-order valence-corrected chi connectivity index (χ1v) is 10.5. The van der Waals surface area contributed by atoms with Crippen LogP contribution in [0.2, 0.25) is 15.1 Å². The number of aromatic hydroxyl groups is 1. The van der Waals surface area contributed by atoms with Gasteiger partial charge in [-0.2, -0.15) is 10.2 Å². The lowest BCUT2D eigenvalue weighted by atomic mass is 10.1. The maximum atomic E-state index is 11.0. The minimum absolute atomic E-state index is 0.0200. The summed E-state index contributed by atoms with van der Waals surface area (Å²) in [5, 5.41) is 32.0. The summed E-state index contributed by atoms with van der Waals surface area (Å²) in [6, 6.07) is 9.31. The SMILES string of the molecule is CC(=NNC(=S)Nc1ccc(C(=O)O)c(Cl)c1)c1nn(C)c(-c2ccc(Cl)c(Cl)c2)c1O. The summed E-state index contributed by atoms with van der Waals surface area (Å²) in [4.78, 5) is 11.0. The van der Waals surface area contributed by atoms with Crippen molar-refractivity contribution in [3.63, 3.8) is 0 Å². The molecule has 4 N–H and O–H groups in total. The van der Waals surface area contributed by atoms with E-state index >= 15 is 0 Å². The van der Waals surface area contributed by atoms with E-state index in [-0.39, 0.29) is 27.1 Å². The van der Waals surface area contributed by atoms with Crippen LogP contribution in [0, 0.1) is 0 Å². The summed E-state index contributed by atoms with van der Waals surface area (Å²) >= 11 is 23.2. The molecule has 166 valence electrons. The Kier molecular flexibility index (Phi) is 7.25. The highest BCUT2D eigenvalue weighted by molar-refractivity contribution is 7.80. The second kappa shape index (κ2) is 9.74. The molecule has 1 aromatic heterocycles. The number of carbonyl (C=O) groups is 1. The Hall–Kier alpha value is -2.85. The van der Waals surface area contributed by atoms with E-state index in [1.54, 1.807) is 32.2 Å². The number of rotatable bonds is 5. The van der Waals surface area contributed by atoms with E-state index in [1.165, 1.54) is 22.9 Å². The van der Waals surface area contributed by atoms with Crippen molar-refractivity contribution in [1.82, 2.24) is 15.2 Å².